The van der Waals surface area contributed by atoms with Crippen LogP contribution in [0.1, 0.15) is 35.8 Å². The summed E-state index contributed by atoms with van der Waals surface area (Å²) < 4.78 is 5.13. The Hall–Kier alpha value is -2.56. The maximum atomic E-state index is 12.3. The highest BCUT2D eigenvalue weighted by Gasteiger charge is 2.16. The van der Waals surface area contributed by atoms with Gasteiger partial charge in [-0.15, -0.1) is 0 Å². The first-order valence-electron chi connectivity index (χ1n) is 8.78. The number of nitrogens with zero attached hydrogens (tertiary/aromatic N) is 2. The summed E-state index contributed by atoms with van der Waals surface area (Å²) in [6.45, 7) is 4.89. The first-order chi connectivity index (χ1) is 12.2. The quantitative estimate of drug-likeness (QED) is 0.908. The number of nitrogens with one attached hydrogen (secondary N) is 1. The summed E-state index contributed by atoms with van der Waals surface area (Å²) in [6.07, 6.45) is 4.23. The molecule has 5 heteroatoms. The average Bonchev–Trinajstić information content (AvgIpc) is 2.67. The Kier molecular flexibility index (Phi) is 5.53. The molecule has 1 aliphatic rings. The van der Waals surface area contributed by atoms with Crippen molar-refractivity contribution in [2.24, 2.45) is 5.92 Å². The van der Waals surface area contributed by atoms with Crippen molar-refractivity contribution in [1.82, 2.24) is 10.3 Å². The summed E-state index contributed by atoms with van der Waals surface area (Å²) in [6, 6.07) is 11.4. The van der Waals surface area contributed by atoms with E-state index in [1.165, 1.54) is 12.8 Å². The molecular formula is C20H25N3O2. The van der Waals surface area contributed by atoms with Gasteiger partial charge in [-0.3, -0.25) is 4.79 Å². The van der Waals surface area contributed by atoms with Gasteiger partial charge in [0.15, 0.2) is 0 Å². The minimum Gasteiger partial charge on any atom is -0.497 e. The van der Waals surface area contributed by atoms with Crippen LogP contribution >= 0.6 is 0 Å². The van der Waals surface area contributed by atoms with Crippen molar-refractivity contribution in [2.45, 2.75) is 26.3 Å². The van der Waals surface area contributed by atoms with E-state index in [9.17, 15) is 4.79 Å². The first-order valence-corrected chi connectivity index (χ1v) is 8.78. The van der Waals surface area contributed by atoms with Gasteiger partial charge < -0.3 is 15.0 Å². The molecule has 1 aromatic heterocycles. The molecule has 0 saturated carbocycles. The summed E-state index contributed by atoms with van der Waals surface area (Å²) in [7, 11) is 1.64. The van der Waals surface area contributed by atoms with E-state index in [0.717, 1.165) is 36.0 Å². The molecule has 0 spiro atoms. The third kappa shape index (κ3) is 4.50. The minimum absolute atomic E-state index is 0.158. The Morgan fingerprint density at radius 2 is 1.92 bits per heavy atom. The zero-order valence-corrected chi connectivity index (χ0v) is 14.9. The van der Waals surface area contributed by atoms with E-state index in [1.807, 2.05) is 30.3 Å². The van der Waals surface area contributed by atoms with Crippen LogP contribution in [0.25, 0.3) is 0 Å². The lowest BCUT2D eigenvalue weighted by molar-refractivity contribution is 0.0946. The molecule has 1 aliphatic heterocycles. The lowest BCUT2D eigenvalue weighted by atomic mass is 9.99. The molecule has 1 fully saturated rings. The van der Waals surface area contributed by atoms with Gasteiger partial charge in [0, 0.05) is 19.6 Å². The highest BCUT2D eigenvalue weighted by atomic mass is 16.5. The molecule has 0 aliphatic carbocycles. The van der Waals surface area contributed by atoms with Crippen LogP contribution in [0.2, 0.25) is 0 Å². The zero-order valence-electron chi connectivity index (χ0n) is 14.9. The maximum Gasteiger partial charge on any atom is 0.270 e. The third-order valence-corrected chi connectivity index (χ3v) is 4.74. The molecule has 1 aromatic carbocycles. The average molecular weight is 339 g/mol. The number of aromatic nitrogens is 1. The summed E-state index contributed by atoms with van der Waals surface area (Å²) in [5, 5.41) is 2.90. The molecule has 132 valence electrons. The standard InChI is InChI=1S/C20H25N3O2/c1-15-9-11-23(12-10-15)17-5-8-19(21-14-17)20(24)22-13-16-3-6-18(25-2)7-4-16/h3-8,14-15H,9-13H2,1-2H3,(H,22,24). The van der Waals surface area contributed by atoms with Gasteiger partial charge in [-0.1, -0.05) is 19.1 Å². The predicted octanol–water partition coefficient (Wildman–Crippen LogP) is 3.26. The molecule has 2 heterocycles. The number of anilines is 1. The molecule has 1 N–H and O–H groups in total. The second kappa shape index (κ2) is 8.01. The fourth-order valence-corrected chi connectivity index (χ4v) is 2.99. The van der Waals surface area contributed by atoms with Crippen molar-refractivity contribution >= 4 is 11.6 Å². The van der Waals surface area contributed by atoms with E-state index >= 15 is 0 Å². The Balaban J connectivity index is 1.55. The number of hydrogen-bond donors (Lipinski definition) is 1. The molecular weight excluding hydrogens is 314 g/mol. The summed E-state index contributed by atoms with van der Waals surface area (Å²) in [5.41, 5.74) is 2.56. The van der Waals surface area contributed by atoms with Gasteiger partial charge in [0.1, 0.15) is 11.4 Å². The van der Waals surface area contributed by atoms with Crippen LogP contribution in [0.15, 0.2) is 42.6 Å². The number of methoxy groups -OCH3 is 1. The summed E-state index contributed by atoms with van der Waals surface area (Å²) in [4.78, 5) is 18.9. The number of hydrogen-bond acceptors (Lipinski definition) is 4. The van der Waals surface area contributed by atoms with Crippen LogP contribution in [-0.2, 0) is 6.54 Å². The molecule has 25 heavy (non-hydrogen) atoms. The Labute approximate surface area is 149 Å². The Bertz CT molecular complexity index is 690. The van der Waals surface area contributed by atoms with E-state index in [-0.39, 0.29) is 5.91 Å². The maximum absolute atomic E-state index is 12.3. The SMILES string of the molecule is COc1ccc(CNC(=O)c2ccc(N3CCC(C)CC3)cn2)cc1. The monoisotopic (exact) mass is 339 g/mol. The Morgan fingerprint density at radius 3 is 2.52 bits per heavy atom. The number of carbonyl (C=O) groups is 1. The van der Waals surface area contributed by atoms with Crippen molar-refractivity contribution in [3.8, 4) is 5.75 Å². The number of ether oxygens (including phenoxy) is 1. The third-order valence-electron chi connectivity index (χ3n) is 4.74. The van der Waals surface area contributed by atoms with Crippen LogP contribution in [0.4, 0.5) is 5.69 Å². The van der Waals surface area contributed by atoms with Gasteiger partial charge in [-0.05, 0) is 48.6 Å². The van der Waals surface area contributed by atoms with E-state index in [2.05, 4.69) is 22.1 Å². The van der Waals surface area contributed by atoms with Gasteiger partial charge in [0.25, 0.3) is 5.91 Å². The molecule has 0 radical (unpaired) electrons. The largest absolute Gasteiger partial charge is 0.497 e. The fraction of sp³-hybridized carbons (Fsp3) is 0.400. The fourth-order valence-electron chi connectivity index (χ4n) is 2.99. The van der Waals surface area contributed by atoms with Crippen LogP contribution in [-0.4, -0.2) is 31.1 Å². The molecule has 3 rings (SSSR count). The second-order valence-electron chi connectivity index (χ2n) is 6.60. The van der Waals surface area contributed by atoms with Gasteiger partial charge in [0.05, 0.1) is 19.0 Å². The molecule has 1 amide bonds. The smallest absolute Gasteiger partial charge is 0.270 e. The van der Waals surface area contributed by atoms with Crippen LogP contribution in [0.3, 0.4) is 0 Å². The van der Waals surface area contributed by atoms with Gasteiger partial charge >= 0.3 is 0 Å². The van der Waals surface area contributed by atoms with Crippen LogP contribution < -0.4 is 15.0 Å². The van der Waals surface area contributed by atoms with Crippen molar-refractivity contribution in [3.63, 3.8) is 0 Å². The first kappa shape index (κ1) is 17.3. The number of amides is 1. The predicted molar refractivity (Wildman–Crippen MR) is 99.0 cm³/mol. The summed E-state index contributed by atoms with van der Waals surface area (Å²) in [5.74, 6) is 1.45. The lowest BCUT2D eigenvalue weighted by Crippen LogP contribution is -2.33. The highest BCUT2D eigenvalue weighted by molar-refractivity contribution is 5.92. The topological polar surface area (TPSA) is 54.5 Å². The number of benzene rings is 1. The summed E-state index contributed by atoms with van der Waals surface area (Å²) >= 11 is 0. The van der Waals surface area contributed by atoms with Crippen LogP contribution in [0, 0.1) is 5.92 Å². The number of rotatable bonds is 5. The highest BCUT2D eigenvalue weighted by Crippen LogP contribution is 2.22. The van der Waals surface area contributed by atoms with Crippen molar-refractivity contribution in [1.29, 1.82) is 0 Å². The van der Waals surface area contributed by atoms with Crippen molar-refractivity contribution in [3.05, 3.63) is 53.9 Å². The van der Waals surface area contributed by atoms with Crippen LogP contribution in [0.5, 0.6) is 5.75 Å². The zero-order chi connectivity index (χ0) is 17.6. The lowest BCUT2D eigenvalue weighted by Gasteiger charge is -2.31. The molecule has 1 saturated heterocycles. The van der Waals surface area contributed by atoms with Gasteiger partial charge in [-0.25, -0.2) is 4.98 Å². The van der Waals surface area contributed by atoms with E-state index < -0.39 is 0 Å². The van der Waals surface area contributed by atoms with Gasteiger partial charge in [0.2, 0.25) is 0 Å². The number of carbonyl (C=O) groups excluding carboxylic acids is 1. The normalized spacial score (nSPS) is 15.0. The Morgan fingerprint density at radius 1 is 1.20 bits per heavy atom. The van der Waals surface area contributed by atoms with E-state index in [1.54, 1.807) is 19.4 Å². The van der Waals surface area contributed by atoms with E-state index in [4.69, 9.17) is 4.74 Å². The molecule has 0 unspecified atom stereocenters. The van der Waals surface area contributed by atoms with Gasteiger partial charge in [-0.2, -0.15) is 0 Å². The van der Waals surface area contributed by atoms with E-state index in [0.29, 0.717) is 12.2 Å². The molecule has 0 atom stereocenters. The molecule has 0 bridgehead atoms. The number of piperidine rings is 1. The van der Waals surface area contributed by atoms with Crippen molar-refractivity contribution < 1.29 is 9.53 Å². The molecule has 5 nitrogen and oxygen atoms in total. The number of pyridine rings is 1. The minimum atomic E-state index is -0.158. The van der Waals surface area contributed by atoms with Crippen molar-refractivity contribution in [2.75, 3.05) is 25.1 Å². The second-order valence-corrected chi connectivity index (χ2v) is 6.60. The molecule has 2 aromatic rings.